The molecule has 0 saturated carbocycles. The van der Waals surface area contributed by atoms with E-state index in [-0.39, 0.29) is 0 Å². The van der Waals surface area contributed by atoms with Crippen LogP contribution in [0.1, 0.15) is 32.2 Å². The molecule has 1 aliphatic heterocycles. The number of aromatic nitrogens is 2. The molecule has 1 aromatic rings. The van der Waals surface area contributed by atoms with E-state index in [1.165, 1.54) is 5.69 Å². The van der Waals surface area contributed by atoms with Crippen LogP contribution in [0.4, 0.5) is 0 Å². The zero-order valence-corrected chi connectivity index (χ0v) is 11.4. The van der Waals surface area contributed by atoms with Gasteiger partial charge < -0.3 is 5.32 Å². The van der Waals surface area contributed by atoms with Crippen molar-refractivity contribution in [1.82, 2.24) is 20.0 Å². The lowest BCUT2D eigenvalue weighted by molar-refractivity contribution is 0.162. The second kappa shape index (κ2) is 5.19. The third-order valence-corrected chi connectivity index (χ3v) is 3.30. The van der Waals surface area contributed by atoms with E-state index in [0.29, 0.717) is 12.1 Å². The molecule has 0 aromatic carbocycles. The molecule has 4 nitrogen and oxygen atoms in total. The third-order valence-electron chi connectivity index (χ3n) is 3.30. The Balaban J connectivity index is 2.04. The van der Waals surface area contributed by atoms with Crippen molar-refractivity contribution in [1.29, 1.82) is 0 Å². The first-order valence-corrected chi connectivity index (χ1v) is 6.60. The smallest absolute Gasteiger partial charge is 0.0597 e. The number of nitrogens with zero attached hydrogens (tertiary/aromatic N) is 3. The first-order chi connectivity index (χ1) is 8.08. The molecule has 0 spiro atoms. The zero-order valence-electron chi connectivity index (χ0n) is 11.4. The highest BCUT2D eigenvalue weighted by atomic mass is 15.3. The minimum atomic E-state index is 0.581. The van der Waals surface area contributed by atoms with Gasteiger partial charge in [0.1, 0.15) is 0 Å². The van der Waals surface area contributed by atoms with E-state index in [0.717, 1.165) is 31.9 Å². The highest BCUT2D eigenvalue weighted by Gasteiger charge is 2.21. The number of hydrogen-bond acceptors (Lipinski definition) is 3. The predicted molar refractivity (Wildman–Crippen MR) is 70.0 cm³/mol. The largest absolute Gasteiger partial charge is 0.309 e. The Morgan fingerprint density at radius 2 is 2.00 bits per heavy atom. The lowest BCUT2D eigenvalue weighted by Crippen LogP contribution is -2.53. The molecular weight excluding hydrogens is 212 g/mol. The summed E-state index contributed by atoms with van der Waals surface area (Å²) in [7, 11) is 0. The van der Waals surface area contributed by atoms with Crippen molar-refractivity contribution < 1.29 is 0 Å². The first-order valence-electron chi connectivity index (χ1n) is 6.60. The molecule has 1 N–H and O–H groups in total. The van der Waals surface area contributed by atoms with Crippen molar-refractivity contribution in [3.8, 4) is 0 Å². The van der Waals surface area contributed by atoms with E-state index in [1.807, 2.05) is 0 Å². The summed E-state index contributed by atoms with van der Waals surface area (Å²) in [5.41, 5.74) is 2.46. The molecule has 2 unspecified atom stereocenters. The second-order valence-electron chi connectivity index (χ2n) is 5.26. The van der Waals surface area contributed by atoms with Crippen molar-refractivity contribution in [2.75, 3.05) is 13.1 Å². The Labute approximate surface area is 104 Å². The van der Waals surface area contributed by atoms with Crippen LogP contribution in [0, 0.1) is 6.92 Å². The van der Waals surface area contributed by atoms with E-state index < -0.39 is 0 Å². The van der Waals surface area contributed by atoms with Crippen LogP contribution in [-0.4, -0.2) is 39.9 Å². The lowest BCUT2D eigenvalue weighted by atomic mass is 10.1. The van der Waals surface area contributed by atoms with Crippen LogP contribution >= 0.6 is 0 Å². The molecule has 1 saturated heterocycles. The van der Waals surface area contributed by atoms with Gasteiger partial charge in [0.25, 0.3) is 0 Å². The van der Waals surface area contributed by atoms with E-state index >= 15 is 0 Å². The minimum Gasteiger partial charge on any atom is -0.309 e. The summed E-state index contributed by atoms with van der Waals surface area (Å²) in [5, 5.41) is 8.07. The van der Waals surface area contributed by atoms with Gasteiger partial charge in [-0.3, -0.25) is 9.58 Å². The van der Waals surface area contributed by atoms with Gasteiger partial charge in [-0.1, -0.05) is 0 Å². The number of rotatable bonds is 3. The van der Waals surface area contributed by atoms with Crippen molar-refractivity contribution >= 4 is 0 Å². The van der Waals surface area contributed by atoms with Gasteiger partial charge in [0.2, 0.25) is 0 Å². The lowest BCUT2D eigenvalue weighted by Gasteiger charge is -2.36. The van der Waals surface area contributed by atoms with Crippen LogP contribution in [0.2, 0.25) is 0 Å². The molecule has 1 aromatic heterocycles. The first kappa shape index (κ1) is 12.6. The quantitative estimate of drug-likeness (QED) is 0.861. The van der Waals surface area contributed by atoms with E-state index in [2.05, 4.69) is 53.8 Å². The fraction of sp³-hybridized carbons (Fsp3) is 0.769. The summed E-state index contributed by atoms with van der Waals surface area (Å²) in [6.45, 7) is 13.0. The molecule has 2 heterocycles. The van der Waals surface area contributed by atoms with Crippen molar-refractivity contribution in [2.45, 2.75) is 52.9 Å². The monoisotopic (exact) mass is 236 g/mol. The maximum atomic E-state index is 4.51. The number of aryl methyl sites for hydroxylation is 2. The highest BCUT2D eigenvalue weighted by Crippen LogP contribution is 2.11. The van der Waals surface area contributed by atoms with Crippen molar-refractivity contribution in [3.63, 3.8) is 0 Å². The summed E-state index contributed by atoms with van der Waals surface area (Å²) in [6, 6.07) is 3.37. The average molecular weight is 236 g/mol. The summed E-state index contributed by atoms with van der Waals surface area (Å²) in [4.78, 5) is 2.52. The second-order valence-corrected chi connectivity index (χ2v) is 5.26. The molecule has 2 atom stereocenters. The van der Waals surface area contributed by atoms with Crippen LogP contribution < -0.4 is 5.32 Å². The maximum absolute atomic E-state index is 4.51. The summed E-state index contributed by atoms with van der Waals surface area (Å²) < 4.78 is 2.12. The normalized spacial score (nSPS) is 26.4. The SMILES string of the molecule is CCn1nc(C)cc1CN1CC(C)NC(C)C1. The van der Waals surface area contributed by atoms with Gasteiger partial charge in [0, 0.05) is 38.3 Å². The Morgan fingerprint density at radius 1 is 1.35 bits per heavy atom. The molecule has 2 rings (SSSR count). The van der Waals surface area contributed by atoms with E-state index in [9.17, 15) is 0 Å². The van der Waals surface area contributed by atoms with Crippen LogP contribution in [0.3, 0.4) is 0 Å². The third kappa shape index (κ3) is 3.07. The van der Waals surface area contributed by atoms with Gasteiger partial charge in [-0.2, -0.15) is 5.10 Å². The molecule has 1 aliphatic rings. The van der Waals surface area contributed by atoms with Crippen molar-refractivity contribution in [2.24, 2.45) is 0 Å². The average Bonchev–Trinajstić information content (AvgIpc) is 2.57. The van der Waals surface area contributed by atoms with Crippen LogP contribution in [-0.2, 0) is 13.1 Å². The number of hydrogen-bond donors (Lipinski definition) is 1. The predicted octanol–water partition coefficient (Wildman–Crippen LogP) is 1.39. The molecule has 96 valence electrons. The van der Waals surface area contributed by atoms with Gasteiger partial charge in [-0.05, 0) is 33.8 Å². The van der Waals surface area contributed by atoms with Gasteiger partial charge >= 0.3 is 0 Å². The summed E-state index contributed by atoms with van der Waals surface area (Å²) in [6.07, 6.45) is 0. The van der Waals surface area contributed by atoms with Gasteiger partial charge in [0.05, 0.1) is 11.4 Å². The molecule has 17 heavy (non-hydrogen) atoms. The number of piperazine rings is 1. The molecular formula is C13H24N4. The van der Waals surface area contributed by atoms with Crippen LogP contribution in [0.25, 0.3) is 0 Å². The summed E-state index contributed by atoms with van der Waals surface area (Å²) >= 11 is 0. The topological polar surface area (TPSA) is 33.1 Å². The zero-order chi connectivity index (χ0) is 12.4. The summed E-state index contributed by atoms with van der Waals surface area (Å²) in [5.74, 6) is 0. The minimum absolute atomic E-state index is 0.581. The highest BCUT2D eigenvalue weighted by molar-refractivity contribution is 5.09. The molecule has 4 heteroatoms. The Morgan fingerprint density at radius 3 is 2.59 bits per heavy atom. The van der Waals surface area contributed by atoms with Crippen LogP contribution in [0.5, 0.6) is 0 Å². The van der Waals surface area contributed by atoms with Crippen molar-refractivity contribution in [3.05, 3.63) is 17.5 Å². The van der Waals surface area contributed by atoms with Gasteiger partial charge in [-0.25, -0.2) is 0 Å². The standard InChI is InChI=1S/C13H24N4/c1-5-17-13(6-10(2)15-17)9-16-7-11(3)14-12(4)8-16/h6,11-12,14H,5,7-9H2,1-4H3. The Kier molecular flexibility index (Phi) is 3.84. The Hall–Kier alpha value is -0.870. The van der Waals surface area contributed by atoms with E-state index in [1.54, 1.807) is 0 Å². The number of nitrogens with one attached hydrogen (secondary N) is 1. The Bertz CT molecular complexity index is 361. The molecule has 0 aliphatic carbocycles. The molecule has 0 bridgehead atoms. The molecule has 1 fully saturated rings. The maximum Gasteiger partial charge on any atom is 0.0597 e. The van der Waals surface area contributed by atoms with Gasteiger partial charge in [0.15, 0.2) is 0 Å². The van der Waals surface area contributed by atoms with E-state index in [4.69, 9.17) is 0 Å². The fourth-order valence-corrected chi connectivity index (χ4v) is 2.80. The fourth-order valence-electron chi connectivity index (χ4n) is 2.80. The van der Waals surface area contributed by atoms with Crippen LogP contribution in [0.15, 0.2) is 6.07 Å². The molecule has 0 amide bonds. The molecule has 0 radical (unpaired) electrons. The van der Waals surface area contributed by atoms with Gasteiger partial charge in [-0.15, -0.1) is 0 Å².